The monoisotopic (exact) mass is 216 g/mol. The van der Waals surface area contributed by atoms with Crippen LogP contribution in [0.5, 0.6) is 0 Å². The molecule has 0 saturated heterocycles. The molecule has 0 aromatic heterocycles. The summed E-state index contributed by atoms with van der Waals surface area (Å²) in [6.07, 6.45) is 0. The summed E-state index contributed by atoms with van der Waals surface area (Å²) in [7, 11) is -4.76. The summed E-state index contributed by atoms with van der Waals surface area (Å²) in [6.45, 7) is 0. The van der Waals surface area contributed by atoms with Crippen molar-refractivity contribution >= 4 is 30.3 Å². The summed E-state index contributed by atoms with van der Waals surface area (Å²) >= 11 is 0. The van der Waals surface area contributed by atoms with Gasteiger partial charge in [-0.05, 0) is 0 Å². The summed E-state index contributed by atoms with van der Waals surface area (Å²) in [5.74, 6) is -1.44. The number of carbonyl (C=O) groups is 1. The van der Waals surface area contributed by atoms with Crippen LogP contribution < -0.4 is 59.1 Å². The van der Waals surface area contributed by atoms with Gasteiger partial charge in [-0.25, -0.2) is 4.79 Å². The summed E-state index contributed by atoms with van der Waals surface area (Å²) < 4.78 is 28.9. The fourth-order valence-corrected chi connectivity index (χ4v) is 0.901. The Morgan fingerprint density at radius 1 is 1.45 bits per heavy atom. The van der Waals surface area contributed by atoms with Crippen molar-refractivity contribution in [3.63, 3.8) is 0 Å². The molecular formula is C2H2Na2O5S2. The summed E-state index contributed by atoms with van der Waals surface area (Å²) in [6, 6.07) is 0. The van der Waals surface area contributed by atoms with E-state index in [4.69, 9.17) is 5.11 Å². The molecule has 0 radical (unpaired) electrons. The van der Waals surface area contributed by atoms with Crippen molar-refractivity contribution < 1.29 is 82.3 Å². The zero-order valence-corrected chi connectivity index (χ0v) is 11.6. The first kappa shape index (κ1) is 18.4. The van der Waals surface area contributed by atoms with Gasteiger partial charge >= 0.3 is 65.1 Å². The van der Waals surface area contributed by atoms with E-state index in [0.717, 1.165) is 0 Å². The van der Waals surface area contributed by atoms with Crippen LogP contribution in [0.3, 0.4) is 0 Å². The number of rotatable bonds is 1. The van der Waals surface area contributed by atoms with E-state index in [-0.39, 0.29) is 69.0 Å². The molecule has 0 bridgehead atoms. The topological polar surface area (TPSA) is 100 Å². The Bertz CT molecular complexity index is 252. The van der Waals surface area contributed by atoms with Gasteiger partial charge in [0, 0.05) is 0 Å². The van der Waals surface area contributed by atoms with Gasteiger partial charge < -0.3 is 14.2 Å². The second kappa shape index (κ2) is 8.24. The van der Waals surface area contributed by atoms with Crippen molar-refractivity contribution in [2.75, 3.05) is 0 Å². The second-order valence-corrected chi connectivity index (χ2v) is 4.01. The average molecular weight is 216 g/mol. The fourth-order valence-electron chi connectivity index (χ4n) is 0.100. The first-order valence-electron chi connectivity index (χ1n) is 1.62. The van der Waals surface area contributed by atoms with Crippen LogP contribution in [-0.2, 0) is 23.8 Å². The number of carboxylic acids is 1. The Hall–Kier alpha value is 1.63. The van der Waals surface area contributed by atoms with E-state index in [1.807, 2.05) is 0 Å². The van der Waals surface area contributed by atoms with Crippen LogP contribution in [0, 0.1) is 0 Å². The van der Waals surface area contributed by atoms with Gasteiger partial charge in [0.1, 0.15) is 0 Å². The van der Waals surface area contributed by atoms with E-state index < -0.39 is 15.0 Å². The third-order valence-corrected chi connectivity index (χ3v) is 1.80. The molecule has 0 aliphatic heterocycles. The van der Waals surface area contributed by atoms with Crippen molar-refractivity contribution in [1.29, 1.82) is 0 Å². The first-order valence-corrected chi connectivity index (χ1v) is 4.42. The van der Waals surface area contributed by atoms with E-state index in [1.54, 1.807) is 0 Å². The van der Waals surface area contributed by atoms with Crippen LogP contribution in [-0.4, -0.2) is 29.8 Å². The summed E-state index contributed by atoms with van der Waals surface area (Å²) in [5.41, 5.74) is 0. The fraction of sp³-hybridized carbons (Fsp3) is 0. The normalized spacial score (nSPS) is 8.55. The minimum atomic E-state index is -4.49. The molecule has 5 nitrogen and oxygen atoms in total. The van der Waals surface area contributed by atoms with Gasteiger partial charge in [0.15, 0.2) is 0 Å². The Kier molecular flexibility index (Phi) is 13.8. The van der Waals surface area contributed by atoms with Crippen LogP contribution in [0.4, 0.5) is 0 Å². The molecule has 0 saturated carbocycles. The van der Waals surface area contributed by atoms with Gasteiger partial charge in [-0.1, -0.05) is 0 Å². The molecule has 0 aromatic rings. The van der Waals surface area contributed by atoms with Crippen molar-refractivity contribution in [3.05, 3.63) is 0 Å². The maximum Gasteiger partial charge on any atom is 1.00 e. The molecular weight excluding hydrogens is 214 g/mol. The van der Waals surface area contributed by atoms with Crippen LogP contribution >= 0.6 is 0 Å². The van der Waals surface area contributed by atoms with Crippen LogP contribution in [0.15, 0.2) is 0 Å². The molecule has 0 unspecified atom stereocenters. The quantitative estimate of drug-likeness (QED) is 0.346. The Morgan fingerprint density at radius 2 is 1.82 bits per heavy atom. The molecule has 9 heteroatoms. The molecule has 11 heavy (non-hydrogen) atoms. The van der Waals surface area contributed by atoms with Crippen LogP contribution in [0.2, 0.25) is 0 Å². The van der Waals surface area contributed by atoms with Crippen molar-refractivity contribution in [1.82, 2.24) is 0 Å². The Morgan fingerprint density at radius 3 is 1.91 bits per heavy atom. The zero-order valence-electron chi connectivity index (χ0n) is 5.97. The summed E-state index contributed by atoms with van der Waals surface area (Å²) in [4.78, 5) is 9.57. The molecule has 1 N–H and O–H groups in total. The molecule has 0 aromatic carbocycles. The molecule has 54 valence electrons. The number of hydrogen-bond acceptors (Lipinski definition) is 4. The van der Waals surface area contributed by atoms with Gasteiger partial charge in [-0.3, -0.25) is 4.21 Å². The Labute approximate surface area is 111 Å². The Balaban J connectivity index is -0.000000320. The largest absolute Gasteiger partial charge is 1.00 e. The molecule has 0 aliphatic rings. The van der Waals surface area contributed by atoms with E-state index in [2.05, 4.69) is 0 Å². The van der Waals surface area contributed by atoms with E-state index in [9.17, 15) is 18.1 Å². The predicted molar refractivity (Wildman–Crippen MR) is 30.8 cm³/mol. The third kappa shape index (κ3) is 18.5. The number of aliphatic carboxylic acids is 1. The van der Waals surface area contributed by atoms with E-state index >= 15 is 0 Å². The van der Waals surface area contributed by atoms with Gasteiger partial charge in [0.25, 0.3) is 0 Å². The minimum Gasteiger partial charge on any atom is -0.781 e. The molecule has 0 aliphatic carbocycles. The first-order chi connectivity index (χ1) is 3.92. The van der Waals surface area contributed by atoms with Crippen LogP contribution in [0.1, 0.15) is 0 Å². The zero-order chi connectivity index (χ0) is 7.49. The minimum absolute atomic E-state index is 0. The molecule has 0 atom stereocenters. The molecule has 0 rings (SSSR count). The predicted octanol–water partition coefficient (Wildman–Crippen LogP) is -7.58. The smallest absolute Gasteiger partial charge is 0.781 e. The van der Waals surface area contributed by atoms with Gasteiger partial charge in [-0.15, -0.1) is 19.0 Å². The molecule has 0 amide bonds. The standard InChI is InChI=1S/C2H4O5S2.2Na/c3-2(4)1-8-9(5,6)7;;/h1H,(H,3,4)(H2,5,6,7);;/q;2*+1/p-2. The van der Waals surface area contributed by atoms with E-state index in [1.165, 1.54) is 0 Å². The SMILES string of the molecule is O=C(O)C=S=S(=O)([O-])[O-].[Na+].[Na+]. The van der Waals surface area contributed by atoms with Crippen LogP contribution in [0.25, 0.3) is 0 Å². The molecule has 0 fully saturated rings. The maximum atomic E-state index is 9.65. The van der Waals surface area contributed by atoms with Crippen molar-refractivity contribution in [2.24, 2.45) is 0 Å². The number of carboxylic acid groups (broad SMARTS) is 1. The number of hydrogen-bond donors (Lipinski definition) is 1. The second-order valence-electron chi connectivity index (χ2n) is 0.961. The summed E-state index contributed by atoms with van der Waals surface area (Å²) in [5, 5.41) is 8.10. The third-order valence-electron chi connectivity index (χ3n) is 0.267. The van der Waals surface area contributed by atoms with Gasteiger partial charge in [0.05, 0.1) is 5.37 Å². The average Bonchev–Trinajstić information content (AvgIpc) is 1.59. The van der Waals surface area contributed by atoms with Gasteiger partial charge in [-0.2, -0.15) is 0 Å². The molecule has 0 heterocycles. The van der Waals surface area contributed by atoms with Gasteiger partial charge in [0.2, 0.25) is 0 Å². The molecule has 0 spiro atoms. The van der Waals surface area contributed by atoms with Crippen molar-refractivity contribution in [3.8, 4) is 0 Å². The van der Waals surface area contributed by atoms with Crippen molar-refractivity contribution in [2.45, 2.75) is 0 Å². The van der Waals surface area contributed by atoms with E-state index in [0.29, 0.717) is 5.37 Å². The maximum absolute atomic E-state index is 9.65.